The molecule has 0 atom stereocenters. The summed E-state index contributed by atoms with van der Waals surface area (Å²) in [5.41, 5.74) is 0.991. The molecule has 0 unspecified atom stereocenters. The first-order valence-electron chi connectivity index (χ1n) is 8.55. The molecule has 1 heterocycles. The molecule has 2 aromatic rings. The summed E-state index contributed by atoms with van der Waals surface area (Å²) in [5, 5.41) is 12.5. The largest absolute Gasteiger partial charge is 0.493 e. The lowest BCUT2D eigenvalue weighted by molar-refractivity contribution is -0.128. The molecule has 1 aromatic heterocycles. The van der Waals surface area contributed by atoms with Crippen LogP contribution >= 0.6 is 11.8 Å². The van der Waals surface area contributed by atoms with Crippen molar-refractivity contribution in [3.63, 3.8) is 0 Å². The average molecular weight is 377 g/mol. The summed E-state index contributed by atoms with van der Waals surface area (Å²) in [4.78, 5) is 14.4. The van der Waals surface area contributed by atoms with Gasteiger partial charge in [0.05, 0.1) is 26.0 Å². The number of ether oxygens (including phenoxy) is 2. The lowest BCUT2D eigenvalue weighted by Crippen LogP contribution is -2.31. The Morgan fingerprint density at radius 3 is 2.73 bits per heavy atom. The summed E-state index contributed by atoms with van der Waals surface area (Å²) in [6.45, 7) is 3.11. The van der Waals surface area contributed by atoms with Gasteiger partial charge in [0, 0.05) is 13.1 Å². The van der Waals surface area contributed by atoms with Crippen molar-refractivity contribution in [3.05, 3.63) is 23.8 Å². The number of thioether (sulfide) groups is 1. The number of rotatable bonds is 9. The average Bonchev–Trinajstić information content (AvgIpc) is 3.41. The van der Waals surface area contributed by atoms with Gasteiger partial charge in [-0.05, 0) is 47.9 Å². The topological polar surface area (TPSA) is 82.4 Å². The van der Waals surface area contributed by atoms with Gasteiger partial charge in [0.2, 0.25) is 11.1 Å². The quantitative estimate of drug-likeness (QED) is 0.619. The summed E-state index contributed by atoms with van der Waals surface area (Å²) in [6, 6.07) is 6.09. The van der Waals surface area contributed by atoms with E-state index in [2.05, 4.69) is 15.5 Å². The smallest absolute Gasteiger partial charge is 0.233 e. The van der Waals surface area contributed by atoms with Gasteiger partial charge in [0.25, 0.3) is 0 Å². The van der Waals surface area contributed by atoms with Crippen molar-refractivity contribution in [1.29, 1.82) is 0 Å². The van der Waals surface area contributed by atoms with E-state index in [1.807, 2.05) is 29.8 Å². The van der Waals surface area contributed by atoms with Crippen molar-refractivity contribution in [2.45, 2.75) is 37.5 Å². The van der Waals surface area contributed by atoms with Crippen LogP contribution in [0.25, 0.3) is 0 Å². The second-order valence-electron chi connectivity index (χ2n) is 6.02. The third-order valence-corrected chi connectivity index (χ3v) is 5.15. The van der Waals surface area contributed by atoms with Crippen LogP contribution in [0, 0.1) is 0 Å². The molecule has 1 amide bonds. The summed E-state index contributed by atoms with van der Waals surface area (Å²) in [5.74, 6) is 1.70. The van der Waals surface area contributed by atoms with Crippen molar-refractivity contribution in [3.8, 4) is 11.5 Å². The van der Waals surface area contributed by atoms with Gasteiger partial charge in [0.15, 0.2) is 11.5 Å². The number of methoxy groups -OCH3 is 2. The fourth-order valence-electron chi connectivity index (χ4n) is 2.62. The summed E-state index contributed by atoms with van der Waals surface area (Å²) in [6.07, 6.45) is 2.21. The van der Waals surface area contributed by atoms with Crippen molar-refractivity contribution in [2.24, 2.45) is 0 Å². The van der Waals surface area contributed by atoms with Gasteiger partial charge in [-0.2, -0.15) is 0 Å². The van der Waals surface area contributed by atoms with Gasteiger partial charge in [-0.25, -0.2) is 4.68 Å². The second kappa shape index (κ2) is 8.39. The zero-order valence-electron chi connectivity index (χ0n) is 15.2. The molecular formula is C17H23N5O3S. The SMILES string of the molecule is CCN(Cc1ccc(OC)c(OC)c1)C(=O)CSc1nnnn1C1CC1. The molecule has 0 radical (unpaired) electrons. The number of tetrazole rings is 1. The molecule has 0 aliphatic heterocycles. The molecule has 9 heteroatoms. The molecule has 0 saturated heterocycles. The maximum absolute atomic E-state index is 12.6. The molecule has 1 aromatic carbocycles. The number of benzene rings is 1. The first-order valence-corrected chi connectivity index (χ1v) is 9.54. The fraction of sp³-hybridized carbons (Fsp3) is 0.529. The van der Waals surface area contributed by atoms with Crippen molar-refractivity contribution >= 4 is 17.7 Å². The predicted octanol–water partition coefficient (Wildman–Crippen LogP) is 2.17. The van der Waals surface area contributed by atoms with E-state index in [1.165, 1.54) is 11.8 Å². The molecule has 3 rings (SSSR count). The van der Waals surface area contributed by atoms with Gasteiger partial charge in [-0.15, -0.1) is 5.10 Å². The van der Waals surface area contributed by atoms with E-state index < -0.39 is 0 Å². The van der Waals surface area contributed by atoms with Crippen molar-refractivity contribution in [2.75, 3.05) is 26.5 Å². The van der Waals surface area contributed by atoms with E-state index in [0.29, 0.717) is 41.5 Å². The van der Waals surface area contributed by atoms with E-state index in [1.54, 1.807) is 19.1 Å². The van der Waals surface area contributed by atoms with E-state index in [0.717, 1.165) is 18.4 Å². The van der Waals surface area contributed by atoms with Gasteiger partial charge in [-0.3, -0.25) is 4.79 Å². The van der Waals surface area contributed by atoms with Crippen LogP contribution in [0.2, 0.25) is 0 Å². The monoisotopic (exact) mass is 377 g/mol. The molecular weight excluding hydrogens is 354 g/mol. The molecule has 1 aliphatic rings. The minimum absolute atomic E-state index is 0.0534. The van der Waals surface area contributed by atoms with Crippen LogP contribution in [0.4, 0.5) is 0 Å². The Morgan fingerprint density at radius 1 is 1.31 bits per heavy atom. The molecule has 8 nitrogen and oxygen atoms in total. The molecule has 0 bridgehead atoms. The Hall–Kier alpha value is -2.29. The number of aromatic nitrogens is 4. The van der Waals surface area contributed by atoms with Gasteiger partial charge in [0.1, 0.15) is 0 Å². The van der Waals surface area contributed by atoms with Crippen LogP contribution in [0.15, 0.2) is 23.4 Å². The third kappa shape index (κ3) is 4.27. The zero-order valence-corrected chi connectivity index (χ0v) is 16.0. The molecule has 140 valence electrons. The Labute approximate surface area is 156 Å². The first-order chi connectivity index (χ1) is 12.7. The Morgan fingerprint density at radius 2 is 2.08 bits per heavy atom. The number of hydrogen-bond donors (Lipinski definition) is 0. The number of carbonyl (C=O) groups is 1. The second-order valence-corrected chi connectivity index (χ2v) is 6.97. The zero-order chi connectivity index (χ0) is 18.5. The van der Waals surface area contributed by atoms with E-state index >= 15 is 0 Å². The molecule has 0 spiro atoms. The fourth-order valence-corrected chi connectivity index (χ4v) is 3.47. The van der Waals surface area contributed by atoms with Crippen LogP contribution in [-0.4, -0.2) is 57.5 Å². The highest BCUT2D eigenvalue weighted by Crippen LogP contribution is 2.36. The maximum atomic E-state index is 12.6. The number of nitrogens with zero attached hydrogens (tertiary/aromatic N) is 5. The highest BCUT2D eigenvalue weighted by atomic mass is 32.2. The van der Waals surface area contributed by atoms with Crippen molar-refractivity contribution in [1.82, 2.24) is 25.1 Å². The maximum Gasteiger partial charge on any atom is 0.233 e. The van der Waals surface area contributed by atoms with Gasteiger partial charge in [-0.1, -0.05) is 17.8 Å². The Balaban J connectivity index is 1.60. The standard InChI is InChI=1S/C17H23N5O3S/c1-4-21(10-12-5-8-14(24-2)15(9-12)25-3)16(23)11-26-17-18-19-20-22(17)13-6-7-13/h5,8-9,13H,4,6-7,10-11H2,1-3H3. The van der Waals surface area contributed by atoms with Gasteiger partial charge >= 0.3 is 0 Å². The summed E-state index contributed by atoms with van der Waals surface area (Å²) in [7, 11) is 3.21. The van der Waals surface area contributed by atoms with Crippen LogP contribution in [0.5, 0.6) is 11.5 Å². The van der Waals surface area contributed by atoms with Crippen molar-refractivity contribution < 1.29 is 14.3 Å². The molecule has 1 aliphatic carbocycles. The Bertz CT molecular complexity index is 763. The molecule has 1 saturated carbocycles. The van der Waals surface area contributed by atoms with Crippen LogP contribution in [-0.2, 0) is 11.3 Å². The van der Waals surface area contributed by atoms with Crippen LogP contribution in [0.3, 0.4) is 0 Å². The highest BCUT2D eigenvalue weighted by Gasteiger charge is 2.28. The van der Waals surface area contributed by atoms with Crippen LogP contribution < -0.4 is 9.47 Å². The van der Waals surface area contributed by atoms with E-state index in [4.69, 9.17) is 9.47 Å². The lowest BCUT2D eigenvalue weighted by Gasteiger charge is -2.21. The predicted molar refractivity (Wildman–Crippen MR) is 97.4 cm³/mol. The number of amides is 1. The van der Waals surface area contributed by atoms with E-state index in [-0.39, 0.29) is 5.91 Å². The van der Waals surface area contributed by atoms with Gasteiger partial charge < -0.3 is 14.4 Å². The molecule has 1 fully saturated rings. The normalized spacial score (nSPS) is 13.5. The number of carbonyl (C=O) groups excluding carboxylic acids is 1. The third-order valence-electron chi connectivity index (χ3n) is 4.24. The summed E-state index contributed by atoms with van der Waals surface area (Å²) < 4.78 is 12.4. The highest BCUT2D eigenvalue weighted by molar-refractivity contribution is 7.99. The lowest BCUT2D eigenvalue weighted by atomic mass is 10.2. The van der Waals surface area contributed by atoms with Crippen LogP contribution in [0.1, 0.15) is 31.4 Å². The minimum Gasteiger partial charge on any atom is -0.493 e. The molecule has 0 N–H and O–H groups in total. The summed E-state index contributed by atoms with van der Waals surface area (Å²) >= 11 is 1.39. The molecule has 26 heavy (non-hydrogen) atoms. The number of hydrogen-bond acceptors (Lipinski definition) is 7. The Kier molecular flexibility index (Phi) is 5.97. The minimum atomic E-state index is 0.0534. The van der Waals surface area contributed by atoms with E-state index in [9.17, 15) is 4.79 Å². The first kappa shape index (κ1) is 18.5.